The highest BCUT2D eigenvalue weighted by Crippen LogP contribution is 2.22. The third kappa shape index (κ3) is 3.20. The molecule has 0 fully saturated rings. The van der Waals surface area contributed by atoms with Crippen molar-refractivity contribution in [1.82, 2.24) is 4.98 Å². The lowest BCUT2D eigenvalue weighted by molar-refractivity contribution is 0.340. The maximum Gasteiger partial charge on any atom is 0.166 e. The molecule has 0 aliphatic rings. The van der Waals surface area contributed by atoms with Crippen LogP contribution >= 0.6 is 15.9 Å². The average molecular weight is 311 g/mol. The van der Waals surface area contributed by atoms with E-state index < -0.39 is 5.82 Å². The Kier molecular flexibility index (Phi) is 4.15. The number of anilines is 2. The van der Waals surface area contributed by atoms with Gasteiger partial charge in [0.2, 0.25) is 0 Å². The Bertz CT molecular complexity index is 531. The molecular weight excluding hydrogens is 299 g/mol. The van der Waals surface area contributed by atoms with Gasteiger partial charge in [-0.2, -0.15) is 0 Å². The fourth-order valence-corrected chi connectivity index (χ4v) is 1.75. The maximum atomic E-state index is 13.6. The summed E-state index contributed by atoms with van der Waals surface area (Å²) in [5.74, 6) is 0.577. The topological polar surface area (TPSA) is 34.1 Å². The molecule has 3 nitrogen and oxygen atoms in total. The van der Waals surface area contributed by atoms with Crippen LogP contribution in [-0.2, 0) is 0 Å². The molecule has 18 heavy (non-hydrogen) atoms. The number of pyridine rings is 1. The Morgan fingerprint density at radius 2 is 2.06 bits per heavy atom. The molecule has 0 saturated carbocycles. The van der Waals surface area contributed by atoms with Crippen molar-refractivity contribution < 1.29 is 9.13 Å². The van der Waals surface area contributed by atoms with Crippen LogP contribution in [0.1, 0.15) is 6.92 Å². The van der Waals surface area contributed by atoms with Crippen LogP contribution in [0.4, 0.5) is 15.9 Å². The van der Waals surface area contributed by atoms with Crippen molar-refractivity contribution in [2.24, 2.45) is 0 Å². The number of halogens is 2. The summed E-state index contributed by atoms with van der Waals surface area (Å²) in [6, 6.07) is 8.64. The van der Waals surface area contributed by atoms with Crippen molar-refractivity contribution >= 4 is 27.4 Å². The van der Waals surface area contributed by atoms with E-state index in [-0.39, 0.29) is 5.82 Å². The number of nitrogens with zero attached hydrogens (tertiary/aromatic N) is 1. The van der Waals surface area contributed by atoms with E-state index in [1.54, 1.807) is 6.20 Å². The number of hydrogen-bond acceptors (Lipinski definition) is 3. The lowest BCUT2D eigenvalue weighted by Gasteiger charge is -2.08. The molecule has 0 bridgehead atoms. The van der Waals surface area contributed by atoms with Crippen LogP contribution in [0.15, 0.2) is 41.0 Å². The lowest BCUT2D eigenvalue weighted by atomic mass is 10.3. The molecule has 1 heterocycles. The number of hydrogen-bond donors (Lipinski definition) is 1. The highest BCUT2D eigenvalue weighted by Gasteiger charge is 2.04. The molecule has 2 rings (SSSR count). The maximum absolute atomic E-state index is 13.6. The Hall–Kier alpha value is -1.62. The van der Waals surface area contributed by atoms with Crippen LogP contribution < -0.4 is 10.1 Å². The van der Waals surface area contributed by atoms with Crippen molar-refractivity contribution in [2.45, 2.75) is 6.92 Å². The first kappa shape index (κ1) is 12.8. The van der Waals surface area contributed by atoms with Crippen LogP contribution in [0.5, 0.6) is 5.75 Å². The number of aromatic nitrogens is 1. The molecule has 0 saturated heterocycles. The quantitative estimate of drug-likeness (QED) is 0.922. The summed E-state index contributed by atoms with van der Waals surface area (Å²) in [5.41, 5.74) is 0.757. The second-order valence-electron chi connectivity index (χ2n) is 3.57. The van der Waals surface area contributed by atoms with Gasteiger partial charge in [-0.25, -0.2) is 9.37 Å². The molecule has 0 aliphatic carbocycles. The van der Waals surface area contributed by atoms with E-state index in [0.717, 1.165) is 11.4 Å². The molecule has 2 aromatic rings. The average Bonchev–Trinajstić information content (AvgIpc) is 2.35. The van der Waals surface area contributed by atoms with Crippen molar-refractivity contribution in [3.8, 4) is 5.75 Å². The fourth-order valence-electron chi connectivity index (χ4n) is 1.44. The minimum absolute atomic E-state index is 0.197. The third-order valence-electron chi connectivity index (χ3n) is 2.24. The molecule has 0 radical (unpaired) electrons. The van der Waals surface area contributed by atoms with Gasteiger partial charge in [0.05, 0.1) is 6.61 Å². The SMILES string of the molecule is CCOc1ccc(Nc2ncc(Br)cc2F)cc1. The van der Waals surface area contributed by atoms with Crippen LogP contribution in [0.25, 0.3) is 0 Å². The van der Waals surface area contributed by atoms with Gasteiger partial charge in [-0.1, -0.05) is 0 Å². The minimum Gasteiger partial charge on any atom is -0.494 e. The minimum atomic E-state index is -0.404. The van der Waals surface area contributed by atoms with Crippen molar-refractivity contribution in [3.63, 3.8) is 0 Å². The van der Waals surface area contributed by atoms with E-state index in [1.807, 2.05) is 31.2 Å². The lowest BCUT2D eigenvalue weighted by Crippen LogP contribution is -1.97. The standard InChI is InChI=1S/C13H12BrFN2O/c1-2-18-11-5-3-10(4-6-11)17-13-12(15)7-9(14)8-16-13/h3-8H,2H2,1H3,(H,16,17). The first-order chi connectivity index (χ1) is 8.69. The van der Waals surface area contributed by atoms with E-state index in [9.17, 15) is 4.39 Å². The predicted molar refractivity (Wildman–Crippen MR) is 72.8 cm³/mol. The first-order valence-corrected chi connectivity index (χ1v) is 6.29. The summed E-state index contributed by atoms with van der Waals surface area (Å²) >= 11 is 3.16. The molecular formula is C13H12BrFN2O. The second kappa shape index (κ2) is 5.82. The summed E-state index contributed by atoms with van der Waals surface area (Å²) in [6.45, 7) is 2.54. The monoisotopic (exact) mass is 310 g/mol. The zero-order valence-electron chi connectivity index (χ0n) is 9.78. The van der Waals surface area contributed by atoms with Gasteiger partial charge >= 0.3 is 0 Å². The van der Waals surface area contributed by atoms with E-state index in [2.05, 4.69) is 26.2 Å². The smallest absolute Gasteiger partial charge is 0.166 e. The van der Waals surface area contributed by atoms with Gasteiger partial charge < -0.3 is 10.1 Å². The highest BCUT2D eigenvalue weighted by molar-refractivity contribution is 9.10. The van der Waals surface area contributed by atoms with Crippen molar-refractivity contribution in [1.29, 1.82) is 0 Å². The summed E-state index contributed by atoms with van der Waals surface area (Å²) in [5, 5.41) is 2.91. The Balaban J connectivity index is 2.13. The molecule has 0 amide bonds. The van der Waals surface area contributed by atoms with Gasteiger partial charge in [0.25, 0.3) is 0 Å². The summed E-state index contributed by atoms with van der Waals surface area (Å²) in [4.78, 5) is 3.97. The Labute approximate surface area is 113 Å². The third-order valence-corrected chi connectivity index (χ3v) is 2.67. The van der Waals surface area contributed by atoms with Crippen LogP contribution in [0, 0.1) is 5.82 Å². The molecule has 1 aromatic carbocycles. The zero-order valence-corrected chi connectivity index (χ0v) is 11.4. The van der Waals surface area contributed by atoms with E-state index >= 15 is 0 Å². The largest absolute Gasteiger partial charge is 0.494 e. The predicted octanol–water partition coefficient (Wildman–Crippen LogP) is 4.13. The highest BCUT2D eigenvalue weighted by atomic mass is 79.9. The van der Waals surface area contributed by atoms with Crippen LogP contribution in [0.3, 0.4) is 0 Å². The normalized spacial score (nSPS) is 10.2. The van der Waals surface area contributed by atoms with Gasteiger partial charge in [0.15, 0.2) is 11.6 Å². The van der Waals surface area contributed by atoms with E-state index in [0.29, 0.717) is 11.1 Å². The summed E-state index contributed by atoms with van der Waals surface area (Å²) in [7, 11) is 0. The molecule has 0 spiro atoms. The van der Waals surface area contributed by atoms with Crippen molar-refractivity contribution in [2.75, 3.05) is 11.9 Å². The Morgan fingerprint density at radius 3 is 2.67 bits per heavy atom. The molecule has 0 atom stereocenters. The molecule has 1 aromatic heterocycles. The molecule has 0 unspecified atom stereocenters. The van der Waals surface area contributed by atoms with Gasteiger partial charge in [-0.15, -0.1) is 0 Å². The fraction of sp³-hybridized carbons (Fsp3) is 0.154. The summed E-state index contributed by atoms with van der Waals surface area (Å²) < 4.78 is 19.5. The van der Waals surface area contributed by atoms with Gasteiger partial charge in [-0.05, 0) is 53.2 Å². The molecule has 0 aliphatic heterocycles. The second-order valence-corrected chi connectivity index (χ2v) is 4.48. The van der Waals surface area contributed by atoms with Gasteiger partial charge in [0.1, 0.15) is 5.75 Å². The van der Waals surface area contributed by atoms with E-state index in [1.165, 1.54) is 6.07 Å². The number of rotatable bonds is 4. The molecule has 1 N–H and O–H groups in total. The van der Waals surface area contributed by atoms with Crippen LogP contribution in [0.2, 0.25) is 0 Å². The van der Waals surface area contributed by atoms with Crippen molar-refractivity contribution in [3.05, 3.63) is 46.8 Å². The Morgan fingerprint density at radius 1 is 1.33 bits per heavy atom. The molecule has 5 heteroatoms. The van der Waals surface area contributed by atoms with Gasteiger partial charge in [-0.3, -0.25) is 0 Å². The van der Waals surface area contributed by atoms with E-state index in [4.69, 9.17) is 4.74 Å². The van der Waals surface area contributed by atoms with Gasteiger partial charge in [0, 0.05) is 16.4 Å². The number of ether oxygens (including phenoxy) is 1. The number of benzene rings is 1. The molecule has 94 valence electrons. The first-order valence-electron chi connectivity index (χ1n) is 5.50. The summed E-state index contributed by atoms with van der Waals surface area (Å²) in [6.07, 6.45) is 1.54. The zero-order chi connectivity index (χ0) is 13.0. The van der Waals surface area contributed by atoms with Crippen LogP contribution in [-0.4, -0.2) is 11.6 Å². The number of nitrogens with one attached hydrogen (secondary N) is 1.